The van der Waals surface area contributed by atoms with E-state index in [0.29, 0.717) is 10.1 Å². The Morgan fingerprint density at radius 2 is 2.17 bits per heavy atom. The van der Waals surface area contributed by atoms with E-state index >= 15 is 0 Å². The van der Waals surface area contributed by atoms with Crippen LogP contribution >= 0.6 is 22.9 Å². The molecule has 0 bridgehead atoms. The second kappa shape index (κ2) is 2.64. The molecule has 1 aromatic carbocycles. The van der Waals surface area contributed by atoms with Crippen LogP contribution in [-0.4, -0.2) is 5.11 Å². The maximum atomic E-state index is 9.41. The van der Waals surface area contributed by atoms with Crippen LogP contribution in [0.25, 0.3) is 10.1 Å². The van der Waals surface area contributed by atoms with Crippen molar-refractivity contribution in [2.45, 2.75) is 6.92 Å². The van der Waals surface area contributed by atoms with E-state index in [9.17, 15) is 5.11 Å². The van der Waals surface area contributed by atoms with Gasteiger partial charge in [-0.25, -0.2) is 0 Å². The lowest BCUT2D eigenvalue weighted by Gasteiger charge is -1.91. The second-order valence-electron chi connectivity index (χ2n) is 2.67. The molecule has 0 spiro atoms. The van der Waals surface area contributed by atoms with Crippen LogP contribution in [0.3, 0.4) is 0 Å². The van der Waals surface area contributed by atoms with Gasteiger partial charge in [-0.15, -0.1) is 0 Å². The predicted molar refractivity (Wildman–Crippen MR) is 53.2 cm³/mol. The lowest BCUT2D eigenvalue weighted by atomic mass is 10.2. The molecule has 1 nitrogen and oxygen atoms in total. The van der Waals surface area contributed by atoms with Gasteiger partial charge in [0, 0.05) is 20.7 Å². The molecule has 0 saturated carbocycles. The molecule has 62 valence electrons. The normalized spacial score (nSPS) is 10.8. The lowest BCUT2D eigenvalue weighted by molar-refractivity contribution is 0.487. The van der Waals surface area contributed by atoms with Gasteiger partial charge >= 0.3 is 0 Å². The van der Waals surface area contributed by atoms with Crippen LogP contribution in [0.5, 0.6) is 5.06 Å². The number of rotatable bonds is 0. The van der Waals surface area contributed by atoms with Gasteiger partial charge in [-0.2, -0.15) is 0 Å². The van der Waals surface area contributed by atoms with Crippen molar-refractivity contribution in [1.82, 2.24) is 0 Å². The maximum Gasteiger partial charge on any atom is 0.175 e. The van der Waals surface area contributed by atoms with Gasteiger partial charge in [0.1, 0.15) is 0 Å². The van der Waals surface area contributed by atoms with E-state index in [-0.39, 0.29) is 0 Å². The maximum absolute atomic E-state index is 9.41. The minimum Gasteiger partial charge on any atom is -0.499 e. The number of benzene rings is 1. The number of aryl methyl sites for hydroxylation is 1. The topological polar surface area (TPSA) is 20.2 Å². The van der Waals surface area contributed by atoms with Crippen LogP contribution < -0.4 is 0 Å². The summed E-state index contributed by atoms with van der Waals surface area (Å²) in [5.41, 5.74) is 0.914. The van der Waals surface area contributed by atoms with Crippen molar-refractivity contribution < 1.29 is 5.11 Å². The van der Waals surface area contributed by atoms with Gasteiger partial charge in [0.2, 0.25) is 0 Å². The Morgan fingerprint density at radius 3 is 2.92 bits per heavy atom. The van der Waals surface area contributed by atoms with Crippen LogP contribution in [0.15, 0.2) is 18.2 Å². The average molecular weight is 199 g/mol. The third-order valence-electron chi connectivity index (χ3n) is 1.87. The van der Waals surface area contributed by atoms with E-state index in [4.69, 9.17) is 11.6 Å². The van der Waals surface area contributed by atoms with Crippen molar-refractivity contribution in [1.29, 1.82) is 0 Å². The first-order chi connectivity index (χ1) is 5.68. The highest BCUT2D eigenvalue weighted by Crippen LogP contribution is 2.36. The SMILES string of the molecule is Cc1c(O)sc2ccc(Cl)cc12. The Hall–Kier alpha value is -0.730. The molecule has 1 aromatic heterocycles. The highest BCUT2D eigenvalue weighted by molar-refractivity contribution is 7.20. The number of thiophene rings is 1. The molecule has 1 N–H and O–H groups in total. The van der Waals surface area contributed by atoms with Gasteiger partial charge in [0.05, 0.1) is 0 Å². The van der Waals surface area contributed by atoms with E-state index < -0.39 is 0 Å². The van der Waals surface area contributed by atoms with Crippen molar-refractivity contribution in [2.24, 2.45) is 0 Å². The average Bonchev–Trinajstić information content (AvgIpc) is 2.31. The molecule has 3 heteroatoms. The van der Waals surface area contributed by atoms with E-state index in [1.807, 2.05) is 25.1 Å². The van der Waals surface area contributed by atoms with Gasteiger partial charge < -0.3 is 5.11 Å². The number of hydrogen-bond acceptors (Lipinski definition) is 2. The monoisotopic (exact) mass is 198 g/mol. The zero-order chi connectivity index (χ0) is 8.72. The summed E-state index contributed by atoms with van der Waals surface area (Å²) in [6.07, 6.45) is 0. The first-order valence-electron chi connectivity index (χ1n) is 3.56. The second-order valence-corrected chi connectivity index (χ2v) is 4.14. The molecule has 0 fully saturated rings. The molecular weight excluding hydrogens is 192 g/mol. The van der Waals surface area contributed by atoms with Crippen molar-refractivity contribution in [3.8, 4) is 5.06 Å². The molecule has 0 aliphatic rings. The fourth-order valence-corrected chi connectivity index (χ4v) is 2.28. The van der Waals surface area contributed by atoms with Crippen molar-refractivity contribution in [3.05, 3.63) is 28.8 Å². The predicted octanol–water partition coefficient (Wildman–Crippen LogP) is 3.57. The van der Waals surface area contributed by atoms with E-state index in [0.717, 1.165) is 15.6 Å². The highest BCUT2D eigenvalue weighted by Gasteiger charge is 2.06. The quantitative estimate of drug-likeness (QED) is 0.686. The molecule has 0 saturated heterocycles. The number of aromatic hydroxyl groups is 1. The minimum atomic E-state index is 0.382. The van der Waals surface area contributed by atoms with Crippen LogP contribution in [-0.2, 0) is 0 Å². The highest BCUT2D eigenvalue weighted by atomic mass is 35.5. The summed E-state index contributed by atoms with van der Waals surface area (Å²) in [6, 6.07) is 5.64. The van der Waals surface area contributed by atoms with Gasteiger partial charge in [-0.3, -0.25) is 0 Å². The van der Waals surface area contributed by atoms with E-state index in [1.165, 1.54) is 11.3 Å². The fourth-order valence-electron chi connectivity index (χ4n) is 1.18. The zero-order valence-corrected chi connectivity index (χ0v) is 8.04. The van der Waals surface area contributed by atoms with Gasteiger partial charge in [0.15, 0.2) is 5.06 Å². The van der Waals surface area contributed by atoms with Crippen molar-refractivity contribution >= 4 is 33.0 Å². The summed E-state index contributed by atoms with van der Waals surface area (Å²) >= 11 is 7.21. The number of hydrogen-bond donors (Lipinski definition) is 1. The van der Waals surface area contributed by atoms with Crippen LogP contribution in [0, 0.1) is 6.92 Å². The molecule has 2 aromatic rings. The molecule has 0 unspecified atom stereocenters. The molecule has 0 aliphatic heterocycles. The van der Waals surface area contributed by atoms with Crippen molar-refractivity contribution in [3.63, 3.8) is 0 Å². The summed E-state index contributed by atoms with van der Waals surface area (Å²) in [7, 11) is 0. The number of halogens is 1. The third kappa shape index (κ3) is 1.08. The molecule has 12 heavy (non-hydrogen) atoms. The summed E-state index contributed by atoms with van der Waals surface area (Å²) < 4.78 is 1.08. The fraction of sp³-hybridized carbons (Fsp3) is 0.111. The summed E-state index contributed by atoms with van der Waals surface area (Å²) in [5.74, 6) is 0. The molecule has 0 amide bonds. The minimum absolute atomic E-state index is 0.382. The zero-order valence-electron chi connectivity index (χ0n) is 6.47. The third-order valence-corrected chi connectivity index (χ3v) is 3.18. The van der Waals surface area contributed by atoms with E-state index in [2.05, 4.69) is 0 Å². The van der Waals surface area contributed by atoms with Gasteiger partial charge in [-0.05, 0) is 25.1 Å². The summed E-state index contributed by atoms with van der Waals surface area (Å²) in [4.78, 5) is 0. The molecular formula is C9H7ClOS. The lowest BCUT2D eigenvalue weighted by Crippen LogP contribution is -1.68. The first-order valence-corrected chi connectivity index (χ1v) is 4.75. The first kappa shape index (κ1) is 7.90. The van der Waals surface area contributed by atoms with Crippen LogP contribution in [0.2, 0.25) is 5.02 Å². The molecule has 2 rings (SSSR count). The van der Waals surface area contributed by atoms with Gasteiger partial charge in [-0.1, -0.05) is 22.9 Å². The summed E-state index contributed by atoms with van der Waals surface area (Å²) in [6.45, 7) is 1.89. The van der Waals surface area contributed by atoms with E-state index in [1.54, 1.807) is 0 Å². The van der Waals surface area contributed by atoms with Gasteiger partial charge in [0.25, 0.3) is 0 Å². The largest absolute Gasteiger partial charge is 0.499 e. The Labute approximate surface area is 79.2 Å². The Bertz CT molecular complexity index is 433. The van der Waals surface area contributed by atoms with Crippen LogP contribution in [0.4, 0.5) is 0 Å². The van der Waals surface area contributed by atoms with Crippen molar-refractivity contribution in [2.75, 3.05) is 0 Å². The summed E-state index contributed by atoms with van der Waals surface area (Å²) in [5, 5.41) is 11.5. The smallest absolute Gasteiger partial charge is 0.175 e. The Morgan fingerprint density at radius 1 is 1.42 bits per heavy atom. The standard InChI is InChI=1S/C9H7ClOS/c1-5-7-4-6(10)2-3-8(7)12-9(5)11/h2-4,11H,1H3. The molecule has 1 heterocycles. The van der Waals surface area contributed by atoms with Crippen LogP contribution in [0.1, 0.15) is 5.56 Å². The molecule has 0 atom stereocenters. The Kier molecular flexibility index (Phi) is 1.74. The Balaban J connectivity index is 2.88. The molecule has 0 aliphatic carbocycles. The number of fused-ring (bicyclic) bond motifs is 1. The molecule has 0 radical (unpaired) electrons.